The molecular formula is C22H31N3O. The zero-order chi connectivity index (χ0) is 18.4. The number of aromatic amines is 1. The summed E-state index contributed by atoms with van der Waals surface area (Å²) in [7, 11) is 0. The van der Waals surface area contributed by atoms with Gasteiger partial charge < -0.3 is 16.0 Å². The van der Waals surface area contributed by atoms with E-state index in [0.29, 0.717) is 11.6 Å². The number of fused-ring (bicyclic) bond motifs is 1. The number of rotatable bonds is 9. The van der Waals surface area contributed by atoms with Gasteiger partial charge in [-0.2, -0.15) is 0 Å². The van der Waals surface area contributed by atoms with Crippen LogP contribution < -0.4 is 11.1 Å². The smallest absolute Gasteiger partial charge is 0.248 e. The fraction of sp³-hybridized carbons (Fsp3) is 0.500. The lowest BCUT2D eigenvalue weighted by Gasteiger charge is -2.23. The minimum Gasteiger partial charge on any atom is -0.366 e. The summed E-state index contributed by atoms with van der Waals surface area (Å²) < 4.78 is 0. The molecule has 1 aromatic carbocycles. The fourth-order valence-electron chi connectivity index (χ4n) is 3.84. The maximum absolute atomic E-state index is 11.5. The minimum absolute atomic E-state index is 0.375. The molecule has 140 valence electrons. The Morgan fingerprint density at radius 1 is 1.27 bits per heavy atom. The van der Waals surface area contributed by atoms with Gasteiger partial charge in [0.2, 0.25) is 5.91 Å². The van der Waals surface area contributed by atoms with Crippen LogP contribution in [0.3, 0.4) is 0 Å². The van der Waals surface area contributed by atoms with Crippen molar-refractivity contribution < 1.29 is 4.79 Å². The molecule has 0 fully saturated rings. The van der Waals surface area contributed by atoms with E-state index >= 15 is 0 Å². The molecular weight excluding hydrogens is 322 g/mol. The molecule has 4 heteroatoms. The van der Waals surface area contributed by atoms with Gasteiger partial charge in [-0.25, -0.2) is 0 Å². The van der Waals surface area contributed by atoms with Gasteiger partial charge in [0.1, 0.15) is 0 Å². The number of nitrogens with two attached hydrogens (primary N) is 1. The predicted octanol–water partition coefficient (Wildman–Crippen LogP) is 4.76. The Morgan fingerprint density at radius 2 is 2.12 bits per heavy atom. The predicted molar refractivity (Wildman–Crippen MR) is 109 cm³/mol. The van der Waals surface area contributed by atoms with Gasteiger partial charge in [-0.05, 0) is 56.0 Å². The molecule has 1 amide bonds. The molecule has 0 saturated heterocycles. The molecule has 4 nitrogen and oxygen atoms in total. The molecule has 1 aliphatic carbocycles. The van der Waals surface area contributed by atoms with Crippen LogP contribution in [0.15, 0.2) is 30.5 Å². The van der Waals surface area contributed by atoms with Gasteiger partial charge >= 0.3 is 0 Å². The van der Waals surface area contributed by atoms with Crippen LogP contribution in [0.4, 0.5) is 0 Å². The Bertz CT molecular complexity index is 775. The topological polar surface area (TPSA) is 70.9 Å². The van der Waals surface area contributed by atoms with Gasteiger partial charge in [0.15, 0.2) is 0 Å². The summed E-state index contributed by atoms with van der Waals surface area (Å²) >= 11 is 0. The SMILES string of the molecule is CCCCCCCNC1CC=C(c2c[nH]c3ccc(C(N)=O)cc23)CC1. The number of hydrogen-bond donors (Lipinski definition) is 3. The van der Waals surface area contributed by atoms with Crippen LogP contribution in [0.2, 0.25) is 0 Å². The van der Waals surface area contributed by atoms with Crippen molar-refractivity contribution in [2.75, 3.05) is 6.54 Å². The number of benzene rings is 1. The number of allylic oxidation sites excluding steroid dienone is 1. The summed E-state index contributed by atoms with van der Waals surface area (Å²) in [4.78, 5) is 14.8. The quantitative estimate of drug-likeness (QED) is 0.569. The van der Waals surface area contributed by atoms with E-state index in [1.165, 1.54) is 49.7 Å². The number of carbonyl (C=O) groups excluding carboxylic acids is 1. The van der Waals surface area contributed by atoms with Crippen molar-refractivity contribution in [1.29, 1.82) is 0 Å². The van der Waals surface area contributed by atoms with Gasteiger partial charge in [0, 0.05) is 34.3 Å². The molecule has 0 spiro atoms. The molecule has 1 heterocycles. The van der Waals surface area contributed by atoms with Crippen LogP contribution in [0.25, 0.3) is 16.5 Å². The Morgan fingerprint density at radius 3 is 2.85 bits per heavy atom. The lowest BCUT2D eigenvalue weighted by atomic mass is 9.90. The monoisotopic (exact) mass is 353 g/mol. The van der Waals surface area contributed by atoms with E-state index in [-0.39, 0.29) is 5.91 Å². The summed E-state index contributed by atoms with van der Waals surface area (Å²) in [5, 5.41) is 4.80. The third-order valence-corrected chi connectivity index (χ3v) is 5.44. The maximum atomic E-state index is 11.5. The number of unbranched alkanes of at least 4 members (excludes halogenated alkanes) is 4. The molecule has 1 unspecified atom stereocenters. The van der Waals surface area contributed by atoms with Crippen LogP contribution >= 0.6 is 0 Å². The largest absolute Gasteiger partial charge is 0.366 e. The number of H-pyrrole nitrogens is 1. The Labute approximate surface area is 156 Å². The number of primary amides is 1. The van der Waals surface area contributed by atoms with Gasteiger partial charge in [0.05, 0.1) is 0 Å². The zero-order valence-corrected chi connectivity index (χ0v) is 15.8. The molecule has 2 aromatic rings. The van der Waals surface area contributed by atoms with Crippen molar-refractivity contribution in [3.63, 3.8) is 0 Å². The first-order chi connectivity index (χ1) is 12.7. The number of aromatic nitrogens is 1. The van der Waals surface area contributed by atoms with Crippen molar-refractivity contribution in [3.8, 4) is 0 Å². The number of amides is 1. The molecule has 4 N–H and O–H groups in total. The highest BCUT2D eigenvalue weighted by molar-refractivity contribution is 6.00. The van der Waals surface area contributed by atoms with Crippen LogP contribution in [-0.2, 0) is 0 Å². The molecule has 3 rings (SSSR count). The lowest BCUT2D eigenvalue weighted by Crippen LogP contribution is -2.31. The number of carbonyl (C=O) groups is 1. The molecule has 0 radical (unpaired) electrons. The van der Waals surface area contributed by atoms with E-state index in [1.807, 2.05) is 12.1 Å². The van der Waals surface area contributed by atoms with Crippen LogP contribution in [0.1, 0.15) is 74.2 Å². The Balaban J connectivity index is 1.58. The second kappa shape index (κ2) is 9.04. The Hall–Kier alpha value is -2.07. The summed E-state index contributed by atoms with van der Waals surface area (Å²) in [6, 6.07) is 6.22. The van der Waals surface area contributed by atoms with E-state index in [4.69, 9.17) is 5.73 Å². The minimum atomic E-state index is -0.375. The summed E-state index contributed by atoms with van der Waals surface area (Å²) in [6.45, 7) is 3.39. The van der Waals surface area contributed by atoms with E-state index < -0.39 is 0 Å². The second-order valence-corrected chi connectivity index (χ2v) is 7.40. The van der Waals surface area contributed by atoms with Crippen LogP contribution in [-0.4, -0.2) is 23.5 Å². The summed E-state index contributed by atoms with van der Waals surface area (Å²) in [6.07, 6.45) is 14.4. The Kier molecular flexibility index (Phi) is 6.51. The van der Waals surface area contributed by atoms with Gasteiger partial charge in [-0.15, -0.1) is 0 Å². The first-order valence-electron chi connectivity index (χ1n) is 10.0. The van der Waals surface area contributed by atoms with Crippen LogP contribution in [0.5, 0.6) is 0 Å². The van der Waals surface area contributed by atoms with Gasteiger partial charge in [-0.3, -0.25) is 4.79 Å². The van der Waals surface area contributed by atoms with E-state index in [2.05, 4.69) is 29.5 Å². The van der Waals surface area contributed by atoms with E-state index in [9.17, 15) is 4.79 Å². The van der Waals surface area contributed by atoms with Crippen molar-refractivity contribution >= 4 is 22.4 Å². The molecule has 0 saturated carbocycles. The number of nitrogens with one attached hydrogen (secondary N) is 2. The zero-order valence-electron chi connectivity index (χ0n) is 15.8. The van der Waals surface area contributed by atoms with Crippen molar-refractivity contribution in [3.05, 3.63) is 41.6 Å². The highest BCUT2D eigenvalue weighted by atomic mass is 16.1. The van der Waals surface area contributed by atoms with Crippen molar-refractivity contribution in [2.45, 2.75) is 64.3 Å². The maximum Gasteiger partial charge on any atom is 0.248 e. The first kappa shape index (κ1) is 18.7. The van der Waals surface area contributed by atoms with Gasteiger partial charge in [-0.1, -0.05) is 38.7 Å². The van der Waals surface area contributed by atoms with Crippen LogP contribution in [0, 0.1) is 0 Å². The molecule has 0 aliphatic heterocycles. The number of hydrogen-bond acceptors (Lipinski definition) is 2. The third-order valence-electron chi connectivity index (χ3n) is 5.44. The average Bonchev–Trinajstić information content (AvgIpc) is 3.08. The summed E-state index contributed by atoms with van der Waals surface area (Å²) in [5.41, 5.74) is 9.64. The fourth-order valence-corrected chi connectivity index (χ4v) is 3.84. The molecule has 1 aliphatic rings. The average molecular weight is 354 g/mol. The van der Waals surface area contributed by atoms with Crippen molar-refractivity contribution in [1.82, 2.24) is 10.3 Å². The second-order valence-electron chi connectivity index (χ2n) is 7.40. The molecule has 1 aromatic heterocycles. The van der Waals surface area contributed by atoms with E-state index in [0.717, 1.165) is 30.3 Å². The normalized spacial score (nSPS) is 17.4. The van der Waals surface area contributed by atoms with Crippen molar-refractivity contribution in [2.24, 2.45) is 5.73 Å². The third kappa shape index (κ3) is 4.55. The highest BCUT2D eigenvalue weighted by Gasteiger charge is 2.17. The van der Waals surface area contributed by atoms with Gasteiger partial charge in [0.25, 0.3) is 0 Å². The van der Waals surface area contributed by atoms with E-state index in [1.54, 1.807) is 6.07 Å². The standard InChI is InChI=1S/C22H31N3O/c1-2-3-4-5-6-13-24-18-10-7-16(8-11-18)20-15-25-21-12-9-17(22(23)26)14-19(20)21/h7,9,12,14-15,18,24-25H,2-6,8,10-11,13H2,1H3,(H2,23,26). The molecule has 26 heavy (non-hydrogen) atoms. The lowest BCUT2D eigenvalue weighted by molar-refractivity contribution is 0.100. The first-order valence-corrected chi connectivity index (χ1v) is 10.0. The summed E-state index contributed by atoms with van der Waals surface area (Å²) in [5.74, 6) is -0.375. The molecule has 0 bridgehead atoms. The highest BCUT2D eigenvalue weighted by Crippen LogP contribution is 2.32. The molecule has 1 atom stereocenters.